The van der Waals surface area contributed by atoms with E-state index < -0.39 is 17.6 Å². The number of hydrogen-bond acceptors (Lipinski definition) is 3. The van der Waals surface area contributed by atoms with Crippen LogP contribution in [0, 0.1) is 17.7 Å². The molecular formula is C18H14ClFN2O3. The second kappa shape index (κ2) is 8.71. The Balaban J connectivity index is 1.84. The van der Waals surface area contributed by atoms with Gasteiger partial charge in [-0.15, -0.1) is 0 Å². The van der Waals surface area contributed by atoms with Gasteiger partial charge < -0.3 is 15.8 Å². The Morgan fingerprint density at radius 1 is 1.16 bits per heavy atom. The summed E-state index contributed by atoms with van der Waals surface area (Å²) in [5.41, 5.74) is 5.67. The van der Waals surface area contributed by atoms with Crippen molar-refractivity contribution in [3.63, 3.8) is 0 Å². The molecule has 0 saturated heterocycles. The number of carbonyl (C=O) groups is 2. The maximum absolute atomic E-state index is 12.9. The Morgan fingerprint density at radius 3 is 2.64 bits per heavy atom. The molecule has 0 aliphatic carbocycles. The summed E-state index contributed by atoms with van der Waals surface area (Å²) >= 11 is 5.80. The van der Waals surface area contributed by atoms with E-state index in [9.17, 15) is 14.0 Å². The van der Waals surface area contributed by atoms with Crippen LogP contribution in [0.1, 0.15) is 20.7 Å². The largest absolute Gasteiger partial charge is 0.480 e. The number of primary amides is 1. The van der Waals surface area contributed by atoms with Crippen LogP contribution in [0.4, 0.5) is 4.39 Å². The molecule has 25 heavy (non-hydrogen) atoms. The lowest BCUT2D eigenvalue weighted by molar-refractivity contribution is 0.0957. The van der Waals surface area contributed by atoms with Crippen molar-refractivity contribution in [2.24, 2.45) is 5.73 Å². The zero-order valence-corrected chi connectivity index (χ0v) is 13.8. The number of carbonyl (C=O) groups excluding carboxylic acids is 2. The maximum Gasteiger partial charge on any atom is 0.253 e. The first kappa shape index (κ1) is 18.3. The van der Waals surface area contributed by atoms with Crippen LogP contribution in [0.25, 0.3) is 0 Å². The van der Waals surface area contributed by atoms with Crippen LogP contribution in [0.5, 0.6) is 5.75 Å². The first-order chi connectivity index (χ1) is 12.0. The van der Waals surface area contributed by atoms with Crippen molar-refractivity contribution in [3.05, 3.63) is 64.4 Å². The molecule has 128 valence electrons. The van der Waals surface area contributed by atoms with Gasteiger partial charge in [0.15, 0.2) is 0 Å². The Bertz CT molecular complexity index is 859. The molecule has 0 unspecified atom stereocenters. The summed E-state index contributed by atoms with van der Waals surface area (Å²) in [6.07, 6.45) is 0. The zero-order chi connectivity index (χ0) is 18.2. The molecule has 2 amide bonds. The Morgan fingerprint density at radius 2 is 1.92 bits per heavy atom. The van der Waals surface area contributed by atoms with Gasteiger partial charge in [-0.3, -0.25) is 9.59 Å². The molecule has 3 N–H and O–H groups in total. The van der Waals surface area contributed by atoms with Gasteiger partial charge in [-0.1, -0.05) is 35.6 Å². The van der Waals surface area contributed by atoms with Crippen molar-refractivity contribution in [2.75, 3.05) is 13.2 Å². The zero-order valence-electron chi connectivity index (χ0n) is 13.0. The van der Waals surface area contributed by atoms with Crippen LogP contribution in [-0.4, -0.2) is 25.0 Å². The summed E-state index contributed by atoms with van der Waals surface area (Å²) in [5.74, 6) is 4.16. The first-order valence-electron chi connectivity index (χ1n) is 7.19. The summed E-state index contributed by atoms with van der Waals surface area (Å²) in [5, 5.41) is 2.56. The molecule has 7 heteroatoms. The Kier molecular flexibility index (Phi) is 6.38. The molecule has 2 aromatic rings. The third-order valence-corrected chi connectivity index (χ3v) is 3.40. The van der Waals surface area contributed by atoms with Gasteiger partial charge in [0.05, 0.1) is 22.7 Å². The van der Waals surface area contributed by atoms with Gasteiger partial charge in [0.25, 0.3) is 11.8 Å². The molecule has 0 bridgehead atoms. The topological polar surface area (TPSA) is 81.4 Å². The van der Waals surface area contributed by atoms with Crippen molar-refractivity contribution in [2.45, 2.75) is 0 Å². The average Bonchev–Trinajstić information content (AvgIpc) is 2.58. The lowest BCUT2D eigenvalue weighted by Gasteiger charge is -2.06. The van der Waals surface area contributed by atoms with Crippen molar-refractivity contribution >= 4 is 23.4 Å². The monoisotopic (exact) mass is 360 g/mol. The minimum atomic E-state index is -0.591. The smallest absolute Gasteiger partial charge is 0.253 e. The van der Waals surface area contributed by atoms with E-state index in [1.807, 2.05) is 0 Å². The molecule has 0 radical (unpaired) electrons. The number of halogens is 2. The number of nitrogens with two attached hydrogens (primary N) is 1. The third-order valence-electron chi connectivity index (χ3n) is 3.09. The van der Waals surface area contributed by atoms with E-state index in [-0.39, 0.29) is 29.3 Å². The summed E-state index contributed by atoms with van der Waals surface area (Å²) in [7, 11) is 0. The maximum atomic E-state index is 12.9. The Hall–Kier alpha value is -3.04. The molecule has 0 aromatic heterocycles. The summed E-state index contributed by atoms with van der Waals surface area (Å²) in [6, 6.07) is 10.1. The van der Waals surface area contributed by atoms with Gasteiger partial charge in [0.2, 0.25) is 0 Å². The van der Waals surface area contributed by atoms with Gasteiger partial charge >= 0.3 is 0 Å². The highest BCUT2D eigenvalue weighted by Gasteiger charge is 2.10. The molecule has 5 nitrogen and oxygen atoms in total. The van der Waals surface area contributed by atoms with Crippen LogP contribution in [0.3, 0.4) is 0 Å². The van der Waals surface area contributed by atoms with E-state index in [2.05, 4.69) is 17.2 Å². The quantitative estimate of drug-likeness (QED) is 0.803. The molecule has 0 atom stereocenters. The number of amides is 2. The van der Waals surface area contributed by atoms with Crippen molar-refractivity contribution < 1.29 is 18.7 Å². The average molecular weight is 361 g/mol. The predicted octanol–water partition coefficient (Wildman–Crippen LogP) is 2.39. The molecule has 0 aliphatic rings. The molecule has 2 rings (SSSR count). The fourth-order valence-electron chi connectivity index (χ4n) is 1.92. The standard InChI is InChI=1S/C18H14ClFN2O3/c19-15-11-12(20)7-8-13(15)18(24)22-9-3-4-10-25-16-6-2-1-5-14(16)17(21)23/h1-2,5-8,11H,9-10H2,(H2,21,23)(H,22,24). The van der Waals surface area contributed by atoms with Crippen molar-refractivity contribution in [1.29, 1.82) is 0 Å². The minimum Gasteiger partial charge on any atom is -0.480 e. The summed E-state index contributed by atoms with van der Waals surface area (Å²) < 4.78 is 18.3. The summed E-state index contributed by atoms with van der Waals surface area (Å²) in [6.45, 7) is 0.0881. The molecule has 2 aromatic carbocycles. The summed E-state index contributed by atoms with van der Waals surface area (Å²) in [4.78, 5) is 23.1. The Labute approximate surface area is 148 Å². The second-order valence-electron chi connectivity index (χ2n) is 4.81. The minimum absolute atomic E-state index is 0.0249. The number of nitrogens with one attached hydrogen (secondary N) is 1. The highest BCUT2D eigenvalue weighted by Crippen LogP contribution is 2.17. The molecule has 0 aliphatic heterocycles. The third kappa shape index (κ3) is 5.23. The number of rotatable bonds is 5. The number of ether oxygens (including phenoxy) is 1. The van der Waals surface area contributed by atoms with Gasteiger partial charge in [0.1, 0.15) is 18.2 Å². The molecule has 0 saturated carbocycles. The van der Waals surface area contributed by atoms with Gasteiger partial charge in [-0.2, -0.15) is 0 Å². The van der Waals surface area contributed by atoms with Crippen LogP contribution < -0.4 is 15.8 Å². The number of para-hydroxylation sites is 1. The number of hydrogen-bond donors (Lipinski definition) is 2. The van der Waals surface area contributed by atoms with Crippen LogP contribution in [0.2, 0.25) is 5.02 Å². The van der Waals surface area contributed by atoms with E-state index in [1.165, 1.54) is 6.07 Å². The highest BCUT2D eigenvalue weighted by molar-refractivity contribution is 6.33. The van der Waals surface area contributed by atoms with Crippen molar-refractivity contribution in [1.82, 2.24) is 5.32 Å². The predicted molar refractivity (Wildman–Crippen MR) is 92.0 cm³/mol. The highest BCUT2D eigenvalue weighted by atomic mass is 35.5. The van der Waals surface area contributed by atoms with E-state index >= 15 is 0 Å². The second-order valence-corrected chi connectivity index (χ2v) is 5.22. The normalized spacial score (nSPS) is 9.68. The van der Waals surface area contributed by atoms with Gasteiger partial charge in [-0.25, -0.2) is 4.39 Å². The first-order valence-corrected chi connectivity index (χ1v) is 7.57. The van der Waals surface area contributed by atoms with Crippen LogP contribution in [-0.2, 0) is 0 Å². The molecule has 0 heterocycles. The van der Waals surface area contributed by atoms with Gasteiger partial charge in [-0.05, 0) is 30.3 Å². The van der Waals surface area contributed by atoms with Crippen molar-refractivity contribution in [3.8, 4) is 17.6 Å². The lowest BCUT2D eigenvalue weighted by atomic mass is 10.2. The molecular weight excluding hydrogens is 347 g/mol. The fraction of sp³-hybridized carbons (Fsp3) is 0.111. The van der Waals surface area contributed by atoms with Crippen LogP contribution in [0.15, 0.2) is 42.5 Å². The van der Waals surface area contributed by atoms with E-state index in [4.69, 9.17) is 22.1 Å². The van der Waals surface area contributed by atoms with E-state index in [0.717, 1.165) is 12.1 Å². The lowest BCUT2D eigenvalue weighted by Crippen LogP contribution is -2.24. The SMILES string of the molecule is NC(=O)c1ccccc1OCC#CCNC(=O)c1ccc(F)cc1Cl. The van der Waals surface area contributed by atoms with Crippen LogP contribution >= 0.6 is 11.6 Å². The molecule has 0 spiro atoms. The number of benzene rings is 2. The molecule has 0 fully saturated rings. The van der Waals surface area contributed by atoms with Gasteiger partial charge in [0, 0.05) is 0 Å². The van der Waals surface area contributed by atoms with E-state index in [0.29, 0.717) is 5.75 Å². The fourth-order valence-corrected chi connectivity index (χ4v) is 2.17. The van der Waals surface area contributed by atoms with E-state index in [1.54, 1.807) is 24.3 Å².